The smallest absolute Gasteiger partial charge is 0.372 e. The number of ether oxygens (including phenoxy) is 2. The molecule has 1 N–H and O–H groups in total. The molecule has 1 aliphatic rings. The molecule has 0 bridgehead atoms. The number of rotatable bonds is 7. The van der Waals surface area contributed by atoms with Crippen LogP contribution in [0.4, 0.5) is 11.5 Å². The monoisotopic (exact) mass is 268 g/mol. The van der Waals surface area contributed by atoms with Crippen molar-refractivity contribution in [2.24, 2.45) is 0 Å². The maximum Gasteiger partial charge on any atom is 0.372 e. The molecule has 1 heterocycles. The number of hydrogen-bond donors (Lipinski definition) is 1. The van der Waals surface area contributed by atoms with Gasteiger partial charge in [-0.05, 0) is 19.8 Å². The predicted molar refractivity (Wildman–Crippen MR) is 67.4 cm³/mol. The van der Waals surface area contributed by atoms with E-state index in [1.165, 1.54) is 7.11 Å². The Hall–Kier alpha value is -1.96. The minimum Gasteiger partial charge on any atom is -0.470 e. The summed E-state index contributed by atoms with van der Waals surface area (Å²) in [6.07, 6.45) is 2.00. The van der Waals surface area contributed by atoms with Gasteiger partial charge in [-0.2, -0.15) is 4.98 Å². The van der Waals surface area contributed by atoms with Crippen LogP contribution in [0.2, 0.25) is 0 Å². The highest BCUT2D eigenvalue weighted by Gasteiger charge is 2.30. The number of hydrogen-bond acceptors (Lipinski definition) is 7. The Balaban J connectivity index is 2.27. The quantitative estimate of drug-likeness (QED) is 0.452. The lowest BCUT2D eigenvalue weighted by molar-refractivity contribution is -0.385. The van der Waals surface area contributed by atoms with Crippen molar-refractivity contribution >= 4 is 11.5 Å². The zero-order valence-corrected chi connectivity index (χ0v) is 10.9. The van der Waals surface area contributed by atoms with E-state index in [0.29, 0.717) is 12.4 Å². The third kappa shape index (κ3) is 3.50. The van der Waals surface area contributed by atoms with Crippen molar-refractivity contribution < 1.29 is 14.4 Å². The van der Waals surface area contributed by atoms with E-state index in [4.69, 9.17) is 9.47 Å². The fraction of sp³-hybridized carbons (Fsp3) is 0.636. The van der Waals surface area contributed by atoms with Gasteiger partial charge in [0.25, 0.3) is 5.88 Å². The van der Waals surface area contributed by atoms with Crippen LogP contribution in [-0.2, 0) is 4.74 Å². The fourth-order valence-corrected chi connectivity index (χ4v) is 1.55. The second-order valence-electron chi connectivity index (χ2n) is 4.29. The van der Waals surface area contributed by atoms with Gasteiger partial charge in [0.1, 0.15) is 12.4 Å². The number of nitro groups is 1. The molecule has 0 amide bonds. The van der Waals surface area contributed by atoms with E-state index in [1.807, 2.05) is 0 Å². The van der Waals surface area contributed by atoms with E-state index in [2.05, 4.69) is 15.3 Å². The third-order valence-corrected chi connectivity index (χ3v) is 2.59. The van der Waals surface area contributed by atoms with E-state index in [0.717, 1.165) is 12.8 Å². The van der Waals surface area contributed by atoms with Gasteiger partial charge in [0.2, 0.25) is 5.82 Å². The number of aromatic nitrogens is 2. The molecule has 1 aromatic rings. The van der Waals surface area contributed by atoms with E-state index >= 15 is 0 Å². The molecule has 0 aliphatic heterocycles. The average molecular weight is 268 g/mol. The molecular formula is C11H16N4O4. The van der Waals surface area contributed by atoms with E-state index in [9.17, 15) is 10.1 Å². The summed E-state index contributed by atoms with van der Waals surface area (Å²) >= 11 is 0. The molecule has 0 atom stereocenters. The number of aryl methyl sites for hydroxylation is 1. The molecule has 1 fully saturated rings. The first-order chi connectivity index (χ1) is 9.11. The number of anilines is 1. The van der Waals surface area contributed by atoms with Gasteiger partial charge in [-0.25, -0.2) is 4.98 Å². The molecule has 0 unspecified atom stereocenters. The number of nitrogens with zero attached hydrogens (tertiary/aromatic N) is 3. The Bertz CT molecular complexity index is 476. The first kappa shape index (κ1) is 13.5. The lowest BCUT2D eigenvalue weighted by atomic mass is 10.4. The van der Waals surface area contributed by atoms with Gasteiger partial charge in [-0.1, -0.05) is 0 Å². The predicted octanol–water partition coefficient (Wildman–Crippen LogP) is 1.29. The van der Waals surface area contributed by atoms with E-state index in [1.54, 1.807) is 6.92 Å². The highest BCUT2D eigenvalue weighted by atomic mass is 16.6. The standard InChI is InChI=1S/C11H16N4O4/c1-7-12-10(14-8-3-4-8)9(15(16)17)11(13-7)19-6-5-18-2/h8H,3-6H2,1-2H3,(H,12,13,14). The van der Waals surface area contributed by atoms with Crippen molar-refractivity contribution in [3.8, 4) is 5.88 Å². The molecule has 19 heavy (non-hydrogen) atoms. The summed E-state index contributed by atoms with van der Waals surface area (Å²) in [7, 11) is 1.53. The molecule has 0 saturated heterocycles. The Morgan fingerprint density at radius 3 is 2.74 bits per heavy atom. The van der Waals surface area contributed by atoms with Crippen molar-refractivity contribution in [3.63, 3.8) is 0 Å². The van der Waals surface area contributed by atoms with Crippen molar-refractivity contribution in [3.05, 3.63) is 15.9 Å². The summed E-state index contributed by atoms with van der Waals surface area (Å²) < 4.78 is 10.1. The van der Waals surface area contributed by atoms with Crippen molar-refractivity contribution in [2.45, 2.75) is 25.8 Å². The van der Waals surface area contributed by atoms with Gasteiger partial charge >= 0.3 is 5.69 Å². The summed E-state index contributed by atoms with van der Waals surface area (Å²) in [5, 5.41) is 14.2. The van der Waals surface area contributed by atoms with Crippen LogP contribution in [0.5, 0.6) is 5.88 Å². The molecule has 0 spiro atoms. The Labute approximate surface area is 110 Å². The SMILES string of the molecule is COCCOc1nc(C)nc(NC2CC2)c1[N+](=O)[O-]. The molecular weight excluding hydrogens is 252 g/mol. The van der Waals surface area contributed by atoms with Gasteiger partial charge in [0.15, 0.2) is 0 Å². The number of methoxy groups -OCH3 is 1. The first-order valence-electron chi connectivity index (χ1n) is 6.03. The first-order valence-corrected chi connectivity index (χ1v) is 6.03. The summed E-state index contributed by atoms with van der Waals surface area (Å²) in [5.74, 6) is 0.645. The van der Waals surface area contributed by atoms with Gasteiger partial charge in [-0.15, -0.1) is 0 Å². The summed E-state index contributed by atoms with van der Waals surface area (Å²) in [6, 6.07) is 0.264. The van der Waals surface area contributed by atoms with Gasteiger partial charge in [-0.3, -0.25) is 10.1 Å². The molecule has 1 aromatic heterocycles. The normalized spacial score (nSPS) is 14.2. The lowest BCUT2D eigenvalue weighted by Crippen LogP contribution is -2.12. The summed E-state index contributed by atoms with van der Waals surface area (Å²) in [5.41, 5.74) is -0.214. The topological polar surface area (TPSA) is 99.4 Å². The van der Waals surface area contributed by atoms with Gasteiger partial charge in [0.05, 0.1) is 11.5 Å². The van der Waals surface area contributed by atoms with Gasteiger partial charge in [0, 0.05) is 13.2 Å². The van der Waals surface area contributed by atoms with Crippen LogP contribution in [0.1, 0.15) is 18.7 Å². The van der Waals surface area contributed by atoms with Crippen LogP contribution in [0.3, 0.4) is 0 Å². The molecule has 1 aliphatic carbocycles. The van der Waals surface area contributed by atoms with Crippen LogP contribution in [0.15, 0.2) is 0 Å². The molecule has 8 nitrogen and oxygen atoms in total. The van der Waals surface area contributed by atoms with Crippen molar-refractivity contribution in [2.75, 3.05) is 25.6 Å². The number of nitrogens with one attached hydrogen (secondary N) is 1. The fourth-order valence-electron chi connectivity index (χ4n) is 1.55. The van der Waals surface area contributed by atoms with Crippen molar-refractivity contribution in [1.82, 2.24) is 9.97 Å². The van der Waals surface area contributed by atoms with Crippen LogP contribution in [0.25, 0.3) is 0 Å². The minimum atomic E-state index is -0.522. The Kier molecular flexibility index (Phi) is 4.10. The molecule has 0 radical (unpaired) electrons. The summed E-state index contributed by atoms with van der Waals surface area (Å²) in [4.78, 5) is 18.7. The van der Waals surface area contributed by atoms with Gasteiger partial charge < -0.3 is 14.8 Å². The maximum atomic E-state index is 11.2. The maximum absolute atomic E-state index is 11.2. The molecule has 2 rings (SSSR count). The molecule has 8 heteroatoms. The minimum absolute atomic E-state index is 0.0160. The van der Waals surface area contributed by atoms with Crippen molar-refractivity contribution in [1.29, 1.82) is 0 Å². The Morgan fingerprint density at radius 1 is 1.42 bits per heavy atom. The second kappa shape index (κ2) is 5.79. The van der Waals surface area contributed by atoms with Crippen LogP contribution in [-0.4, -0.2) is 41.3 Å². The average Bonchev–Trinajstić information content (AvgIpc) is 3.12. The summed E-state index contributed by atoms with van der Waals surface area (Å²) in [6.45, 7) is 2.22. The van der Waals surface area contributed by atoms with E-state index < -0.39 is 4.92 Å². The largest absolute Gasteiger partial charge is 0.470 e. The lowest BCUT2D eigenvalue weighted by Gasteiger charge is -2.10. The van der Waals surface area contributed by atoms with Crippen LogP contribution in [0, 0.1) is 17.0 Å². The zero-order chi connectivity index (χ0) is 13.8. The molecule has 1 saturated carbocycles. The third-order valence-electron chi connectivity index (χ3n) is 2.59. The zero-order valence-electron chi connectivity index (χ0n) is 10.9. The molecule has 104 valence electrons. The molecule has 0 aromatic carbocycles. The highest BCUT2D eigenvalue weighted by molar-refractivity contribution is 5.62. The highest BCUT2D eigenvalue weighted by Crippen LogP contribution is 2.35. The van der Waals surface area contributed by atoms with Crippen LogP contribution < -0.4 is 10.1 Å². The van der Waals surface area contributed by atoms with Crippen LogP contribution >= 0.6 is 0 Å². The second-order valence-corrected chi connectivity index (χ2v) is 4.29. The Morgan fingerprint density at radius 2 is 2.16 bits per heavy atom. The van der Waals surface area contributed by atoms with E-state index in [-0.39, 0.29) is 30.0 Å².